The maximum atomic E-state index is 11.9. The van der Waals surface area contributed by atoms with Gasteiger partial charge in [0, 0.05) is 7.05 Å². The van der Waals surface area contributed by atoms with E-state index in [1.165, 1.54) is 6.33 Å². The first-order valence-corrected chi connectivity index (χ1v) is 6.06. The Balaban J connectivity index is 2.03. The topological polar surface area (TPSA) is 83.3 Å². The second-order valence-electron chi connectivity index (χ2n) is 4.97. The fraction of sp³-hybridized carbons (Fsp3) is 0.727. The number of likely N-dealkylation sites (tertiary alicyclic amines) is 1. The van der Waals surface area contributed by atoms with Gasteiger partial charge < -0.3 is 15.3 Å². The minimum Gasteiger partial charge on any atom is -0.389 e. The van der Waals surface area contributed by atoms with Crippen LogP contribution in [-0.2, 0) is 7.05 Å². The molecule has 100 valence electrons. The zero-order chi connectivity index (χ0) is 13.3. The van der Waals surface area contributed by atoms with E-state index in [0.717, 1.165) is 5.82 Å². The van der Waals surface area contributed by atoms with Crippen LogP contribution in [0.1, 0.15) is 25.7 Å². The van der Waals surface area contributed by atoms with Gasteiger partial charge in [0.05, 0.1) is 25.2 Å². The summed E-state index contributed by atoms with van der Waals surface area (Å²) >= 11 is 0. The number of β-amino-alcohol motifs (C(OH)–C–C–N with tert-alkyl or cyclic N) is 1. The van der Waals surface area contributed by atoms with Crippen LogP contribution in [0.3, 0.4) is 0 Å². The van der Waals surface area contributed by atoms with E-state index < -0.39 is 0 Å². The molecule has 2 N–H and O–H groups in total. The number of rotatable bonds is 3. The number of aryl methyl sites for hydroxylation is 1. The highest BCUT2D eigenvalue weighted by atomic mass is 16.3. The van der Waals surface area contributed by atoms with Crippen LogP contribution in [0.4, 0.5) is 4.79 Å². The van der Waals surface area contributed by atoms with Gasteiger partial charge in [0.1, 0.15) is 12.2 Å². The zero-order valence-corrected chi connectivity index (χ0v) is 10.9. The highest BCUT2D eigenvalue weighted by Gasteiger charge is 2.31. The van der Waals surface area contributed by atoms with Crippen LogP contribution >= 0.6 is 0 Å². The maximum absolute atomic E-state index is 11.9. The predicted molar refractivity (Wildman–Crippen MR) is 64.7 cm³/mol. The Bertz CT molecular complexity index is 425. The highest BCUT2D eigenvalue weighted by molar-refractivity contribution is 5.75. The van der Waals surface area contributed by atoms with Gasteiger partial charge in [-0.15, -0.1) is 0 Å². The maximum Gasteiger partial charge on any atom is 0.318 e. The number of carbonyl (C=O) groups excluding carboxylic acids is 1. The standard InChI is InChI=1S/C11H19N5O2/c1-7(2)9(10-12-6-13-15(10)3)14-11(18)16-4-8(17)5-16/h6-9,17H,4-5H2,1-3H3,(H,14,18)/t9-/m1/s1. The van der Waals surface area contributed by atoms with Gasteiger partial charge in [0.25, 0.3) is 0 Å². The quantitative estimate of drug-likeness (QED) is 0.788. The molecule has 0 unspecified atom stereocenters. The molecule has 0 aromatic carbocycles. The molecule has 1 aliphatic rings. The van der Waals surface area contributed by atoms with Gasteiger partial charge in [0.15, 0.2) is 0 Å². The molecular formula is C11H19N5O2. The molecule has 1 saturated heterocycles. The third kappa shape index (κ3) is 2.45. The first kappa shape index (κ1) is 12.8. The average Bonchev–Trinajstić information content (AvgIpc) is 2.67. The van der Waals surface area contributed by atoms with Gasteiger partial charge in [-0.25, -0.2) is 9.78 Å². The number of aromatic nitrogens is 3. The van der Waals surface area contributed by atoms with Crippen LogP contribution in [0.15, 0.2) is 6.33 Å². The van der Waals surface area contributed by atoms with Crippen LogP contribution in [0, 0.1) is 5.92 Å². The zero-order valence-electron chi connectivity index (χ0n) is 10.9. The summed E-state index contributed by atoms with van der Waals surface area (Å²) in [6, 6.07) is -0.343. The van der Waals surface area contributed by atoms with Crippen molar-refractivity contribution >= 4 is 6.03 Å². The molecule has 0 spiro atoms. The number of amides is 2. The predicted octanol–water partition coefficient (Wildman–Crippen LogP) is -0.102. The SMILES string of the molecule is CC(C)[C@@H](NC(=O)N1CC(O)C1)c1ncnn1C. The third-order valence-electron chi connectivity index (χ3n) is 3.12. The van der Waals surface area contributed by atoms with Gasteiger partial charge in [0.2, 0.25) is 0 Å². The van der Waals surface area contributed by atoms with E-state index in [9.17, 15) is 9.90 Å². The summed E-state index contributed by atoms with van der Waals surface area (Å²) in [5, 5.41) is 16.1. The van der Waals surface area contributed by atoms with Crippen molar-refractivity contribution in [3.63, 3.8) is 0 Å². The number of urea groups is 1. The average molecular weight is 253 g/mol. The summed E-state index contributed by atoms with van der Waals surface area (Å²) in [7, 11) is 1.80. The number of hydrogen-bond donors (Lipinski definition) is 2. The molecule has 0 radical (unpaired) electrons. The van der Waals surface area contributed by atoms with Gasteiger partial charge in [-0.1, -0.05) is 13.8 Å². The molecule has 1 aliphatic heterocycles. The third-order valence-corrected chi connectivity index (χ3v) is 3.12. The number of aliphatic hydroxyl groups excluding tert-OH is 1. The number of nitrogens with zero attached hydrogens (tertiary/aromatic N) is 4. The lowest BCUT2D eigenvalue weighted by Crippen LogP contribution is -2.57. The Kier molecular flexibility index (Phi) is 3.51. The summed E-state index contributed by atoms with van der Waals surface area (Å²) in [4.78, 5) is 17.7. The van der Waals surface area contributed by atoms with E-state index >= 15 is 0 Å². The van der Waals surface area contributed by atoms with Crippen molar-refractivity contribution in [3.05, 3.63) is 12.2 Å². The first-order valence-electron chi connectivity index (χ1n) is 6.06. The molecule has 0 aliphatic carbocycles. The second kappa shape index (κ2) is 4.93. The highest BCUT2D eigenvalue weighted by Crippen LogP contribution is 2.20. The van der Waals surface area contributed by atoms with Crippen LogP contribution in [0.2, 0.25) is 0 Å². The largest absolute Gasteiger partial charge is 0.389 e. The molecule has 2 heterocycles. The molecule has 2 rings (SSSR count). The monoisotopic (exact) mass is 253 g/mol. The molecule has 0 saturated carbocycles. The van der Waals surface area contributed by atoms with Crippen molar-refractivity contribution in [1.82, 2.24) is 25.0 Å². The van der Waals surface area contributed by atoms with Crippen molar-refractivity contribution in [1.29, 1.82) is 0 Å². The van der Waals surface area contributed by atoms with E-state index in [-0.39, 0.29) is 24.1 Å². The Morgan fingerprint density at radius 2 is 2.22 bits per heavy atom. The molecule has 1 atom stereocenters. The van der Waals surface area contributed by atoms with Gasteiger partial charge in [-0.2, -0.15) is 5.10 Å². The smallest absolute Gasteiger partial charge is 0.318 e. The van der Waals surface area contributed by atoms with E-state index in [1.54, 1.807) is 16.6 Å². The lowest BCUT2D eigenvalue weighted by atomic mass is 10.0. The second-order valence-corrected chi connectivity index (χ2v) is 4.97. The molecule has 0 bridgehead atoms. The van der Waals surface area contributed by atoms with Crippen molar-refractivity contribution in [2.24, 2.45) is 13.0 Å². The Morgan fingerprint density at radius 1 is 1.56 bits per heavy atom. The molecule has 1 fully saturated rings. The molecule has 18 heavy (non-hydrogen) atoms. The summed E-state index contributed by atoms with van der Waals surface area (Å²) in [5.74, 6) is 0.947. The van der Waals surface area contributed by atoms with Gasteiger partial charge >= 0.3 is 6.03 Å². The molecule has 7 nitrogen and oxygen atoms in total. The normalized spacial score (nSPS) is 17.7. The Labute approximate surface area is 106 Å². The first-order chi connectivity index (χ1) is 8.49. The molecule has 1 aromatic rings. The van der Waals surface area contributed by atoms with Gasteiger partial charge in [-0.05, 0) is 5.92 Å². The summed E-state index contributed by atoms with van der Waals surface area (Å²) in [5.41, 5.74) is 0. The van der Waals surface area contributed by atoms with Crippen molar-refractivity contribution < 1.29 is 9.90 Å². The molecular weight excluding hydrogens is 234 g/mol. The van der Waals surface area contributed by atoms with Crippen molar-refractivity contribution in [2.75, 3.05) is 13.1 Å². The summed E-state index contributed by atoms with van der Waals surface area (Å²) in [6.07, 6.45) is 1.09. The summed E-state index contributed by atoms with van der Waals surface area (Å²) in [6.45, 7) is 4.83. The van der Waals surface area contributed by atoms with E-state index in [0.29, 0.717) is 13.1 Å². The molecule has 7 heteroatoms. The van der Waals surface area contributed by atoms with E-state index in [4.69, 9.17) is 0 Å². The minimum absolute atomic E-state index is 0.165. The Hall–Kier alpha value is -1.63. The van der Waals surface area contributed by atoms with Crippen LogP contribution in [0.25, 0.3) is 0 Å². The number of carbonyl (C=O) groups is 1. The summed E-state index contributed by atoms with van der Waals surface area (Å²) < 4.78 is 1.66. The fourth-order valence-corrected chi connectivity index (χ4v) is 1.96. The Morgan fingerprint density at radius 3 is 2.67 bits per heavy atom. The molecule has 1 aromatic heterocycles. The number of aliphatic hydroxyl groups is 1. The van der Waals surface area contributed by atoms with Crippen LogP contribution in [0.5, 0.6) is 0 Å². The minimum atomic E-state index is -0.386. The van der Waals surface area contributed by atoms with Crippen molar-refractivity contribution in [2.45, 2.75) is 26.0 Å². The van der Waals surface area contributed by atoms with E-state index in [1.807, 2.05) is 13.8 Å². The molecule has 2 amide bonds. The lowest BCUT2D eigenvalue weighted by molar-refractivity contribution is 0.0251. The van der Waals surface area contributed by atoms with Gasteiger partial charge in [-0.3, -0.25) is 4.68 Å². The van der Waals surface area contributed by atoms with Crippen molar-refractivity contribution in [3.8, 4) is 0 Å². The fourth-order valence-electron chi connectivity index (χ4n) is 1.96. The van der Waals surface area contributed by atoms with Crippen LogP contribution < -0.4 is 5.32 Å². The van der Waals surface area contributed by atoms with E-state index in [2.05, 4.69) is 15.4 Å². The number of nitrogens with one attached hydrogen (secondary N) is 1. The lowest BCUT2D eigenvalue weighted by Gasteiger charge is -2.37. The van der Waals surface area contributed by atoms with Crippen LogP contribution in [-0.4, -0.2) is 50.0 Å². The number of hydrogen-bond acceptors (Lipinski definition) is 4.